The summed E-state index contributed by atoms with van der Waals surface area (Å²) in [5, 5.41) is 3.61. The van der Waals surface area contributed by atoms with Gasteiger partial charge in [-0.15, -0.1) is 0 Å². The fourth-order valence-corrected chi connectivity index (χ4v) is 2.09. The lowest BCUT2D eigenvalue weighted by Gasteiger charge is -2.40. The smallest absolute Gasteiger partial charge is 0.0616 e. The maximum absolute atomic E-state index is 5.38. The fraction of sp³-hybridized carbons (Fsp3) is 1.00. The molecule has 0 bridgehead atoms. The minimum Gasteiger partial charge on any atom is -0.380 e. The molecular formula is C12H25NO. The molecule has 1 N–H and O–H groups in total. The van der Waals surface area contributed by atoms with Crippen LogP contribution in [0.15, 0.2) is 0 Å². The van der Waals surface area contributed by atoms with Gasteiger partial charge in [0.1, 0.15) is 0 Å². The van der Waals surface area contributed by atoms with Crippen LogP contribution in [0.1, 0.15) is 40.5 Å². The van der Waals surface area contributed by atoms with Crippen molar-refractivity contribution >= 4 is 0 Å². The van der Waals surface area contributed by atoms with Gasteiger partial charge in [-0.2, -0.15) is 0 Å². The van der Waals surface area contributed by atoms with Crippen molar-refractivity contribution in [2.24, 2.45) is 11.8 Å². The molecule has 2 heteroatoms. The van der Waals surface area contributed by atoms with Gasteiger partial charge in [0.25, 0.3) is 0 Å². The molecule has 1 aliphatic rings. The molecule has 0 aromatic carbocycles. The van der Waals surface area contributed by atoms with E-state index in [4.69, 9.17) is 4.74 Å². The van der Waals surface area contributed by atoms with Crippen LogP contribution in [0.3, 0.4) is 0 Å². The van der Waals surface area contributed by atoms with Crippen LogP contribution in [0, 0.1) is 11.8 Å². The summed E-state index contributed by atoms with van der Waals surface area (Å²) in [4.78, 5) is 0. The maximum Gasteiger partial charge on any atom is 0.0616 e. The Bertz CT molecular complexity index is 152. The SMILES string of the molecule is CCOCC(C)NC1CC(C(C)C)C1. The lowest BCUT2D eigenvalue weighted by molar-refractivity contribution is 0.101. The van der Waals surface area contributed by atoms with Crippen molar-refractivity contribution < 1.29 is 4.74 Å². The van der Waals surface area contributed by atoms with Crippen LogP contribution in [-0.4, -0.2) is 25.3 Å². The second-order valence-electron chi connectivity index (χ2n) is 4.90. The average Bonchev–Trinajstić information content (AvgIpc) is 2.06. The fourth-order valence-electron chi connectivity index (χ4n) is 2.09. The van der Waals surface area contributed by atoms with Crippen molar-refractivity contribution in [1.82, 2.24) is 5.32 Å². The highest BCUT2D eigenvalue weighted by Gasteiger charge is 2.31. The first-order valence-electron chi connectivity index (χ1n) is 5.97. The molecule has 0 aromatic heterocycles. The minimum atomic E-state index is 0.507. The summed E-state index contributed by atoms with van der Waals surface area (Å²) in [6, 6.07) is 1.26. The van der Waals surface area contributed by atoms with E-state index in [2.05, 4.69) is 26.1 Å². The molecule has 0 amide bonds. The van der Waals surface area contributed by atoms with Crippen molar-refractivity contribution in [1.29, 1.82) is 0 Å². The van der Waals surface area contributed by atoms with E-state index in [1.54, 1.807) is 0 Å². The number of rotatable bonds is 6. The molecule has 0 radical (unpaired) electrons. The zero-order chi connectivity index (χ0) is 10.6. The maximum atomic E-state index is 5.38. The van der Waals surface area contributed by atoms with Crippen LogP contribution >= 0.6 is 0 Å². The molecule has 84 valence electrons. The second kappa shape index (κ2) is 5.72. The van der Waals surface area contributed by atoms with Crippen LogP contribution in [0.2, 0.25) is 0 Å². The van der Waals surface area contributed by atoms with E-state index in [0.29, 0.717) is 6.04 Å². The topological polar surface area (TPSA) is 21.3 Å². The van der Waals surface area contributed by atoms with Crippen molar-refractivity contribution in [3.05, 3.63) is 0 Å². The lowest BCUT2D eigenvalue weighted by Crippen LogP contribution is -2.48. The highest BCUT2D eigenvalue weighted by molar-refractivity contribution is 4.87. The van der Waals surface area contributed by atoms with Gasteiger partial charge in [0.2, 0.25) is 0 Å². The molecule has 14 heavy (non-hydrogen) atoms. The number of ether oxygens (including phenoxy) is 1. The Kier molecular flexibility index (Phi) is 4.90. The standard InChI is InChI=1S/C12H25NO/c1-5-14-8-10(4)13-12-6-11(7-12)9(2)3/h9-13H,5-8H2,1-4H3. The first kappa shape index (κ1) is 12.0. The van der Waals surface area contributed by atoms with Gasteiger partial charge in [0.15, 0.2) is 0 Å². The summed E-state index contributed by atoms with van der Waals surface area (Å²) in [6.45, 7) is 10.6. The molecule has 0 heterocycles. The largest absolute Gasteiger partial charge is 0.380 e. The predicted octanol–water partition coefficient (Wildman–Crippen LogP) is 2.44. The van der Waals surface area contributed by atoms with Gasteiger partial charge in [-0.1, -0.05) is 13.8 Å². The van der Waals surface area contributed by atoms with Crippen molar-refractivity contribution in [3.63, 3.8) is 0 Å². The third-order valence-electron chi connectivity index (χ3n) is 3.21. The van der Waals surface area contributed by atoms with Crippen LogP contribution in [0.25, 0.3) is 0 Å². The van der Waals surface area contributed by atoms with E-state index >= 15 is 0 Å². The molecule has 1 saturated carbocycles. The van der Waals surface area contributed by atoms with Gasteiger partial charge in [0.05, 0.1) is 6.61 Å². The van der Waals surface area contributed by atoms with Crippen LogP contribution < -0.4 is 5.32 Å². The van der Waals surface area contributed by atoms with Crippen molar-refractivity contribution in [3.8, 4) is 0 Å². The van der Waals surface area contributed by atoms with Crippen molar-refractivity contribution in [2.45, 2.75) is 52.6 Å². The quantitative estimate of drug-likeness (QED) is 0.709. The summed E-state index contributed by atoms with van der Waals surface area (Å²) in [5.74, 6) is 1.81. The number of nitrogens with one attached hydrogen (secondary N) is 1. The lowest BCUT2D eigenvalue weighted by atomic mass is 9.73. The normalized spacial score (nSPS) is 28.9. The Morgan fingerprint density at radius 1 is 1.29 bits per heavy atom. The summed E-state index contributed by atoms with van der Waals surface area (Å²) in [7, 11) is 0. The Hall–Kier alpha value is -0.0800. The van der Waals surface area contributed by atoms with E-state index in [1.807, 2.05) is 6.92 Å². The zero-order valence-electron chi connectivity index (χ0n) is 10.0. The van der Waals surface area contributed by atoms with Gasteiger partial charge in [0, 0.05) is 18.7 Å². The molecule has 0 spiro atoms. The monoisotopic (exact) mass is 199 g/mol. The van der Waals surface area contributed by atoms with Gasteiger partial charge >= 0.3 is 0 Å². The molecule has 0 aliphatic heterocycles. The van der Waals surface area contributed by atoms with E-state index in [0.717, 1.165) is 31.1 Å². The minimum absolute atomic E-state index is 0.507. The first-order valence-corrected chi connectivity index (χ1v) is 5.97. The van der Waals surface area contributed by atoms with Crippen molar-refractivity contribution in [2.75, 3.05) is 13.2 Å². The third-order valence-corrected chi connectivity index (χ3v) is 3.21. The van der Waals surface area contributed by atoms with Crippen LogP contribution in [-0.2, 0) is 4.74 Å². The molecule has 1 atom stereocenters. The second-order valence-corrected chi connectivity index (χ2v) is 4.90. The summed E-state index contributed by atoms with van der Waals surface area (Å²) >= 11 is 0. The molecule has 1 rings (SSSR count). The highest BCUT2D eigenvalue weighted by atomic mass is 16.5. The average molecular weight is 199 g/mol. The van der Waals surface area contributed by atoms with Crippen LogP contribution in [0.4, 0.5) is 0 Å². The molecule has 1 fully saturated rings. The summed E-state index contributed by atoms with van der Waals surface area (Å²) in [6.07, 6.45) is 2.71. The highest BCUT2D eigenvalue weighted by Crippen LogP contribution is 2.33. The van der Waals surface area contributed by atoms with Gasteiger partial charge < -0.3 is 10.1 Å². The predicted molar refractivity (Wildman–Crippen MR) is 60.4 cm³/mol. The summed E-state index contributed by atoms with van der Waals surface area (Å²) < 4.78 is 5.38. The molecule has 0 saturated heterocycles. The van der Waals surface area contributed by atoms with E-state index < -0.39 is 0 Å². The van der Waals surface area contributed by atoms with Gasteiger partial charge in [-0.05, 0) is 38.5 Å². The molecular weight excluding hydrogens is 174 g/mol. The number of hydrogen-bond acceptors (Lipinski definition) is 2. The zero-order valence-corrected chi connectivity index (χ0v) is 10.0. The van der Waals surface area contributed by atoms with E-state index in [-0.39, 0.29) is 0 Å². The van der Waals surface area contributed by atoms with Gasteiger partial charge in [-0.25, -0.2) is 0 Å². The molecule has 1 unspecified atom stereocenters. The third kappa shape index (κ3) is 3.58. The Morgan fingerprint density at radius 3 is 2.43 bits per heavy atom. The van der Waals surface area contributed by atoms with E-state index in [1.165, 1.54) is 12.8 Å². The Morgan fingerprint density at radius 2 is 1.93 bits per heavy atom. The Balaban J connectivity index is 2.04. The number of hydrogen-bond donors (Lipinski definition) is 1. The first-order chi connectivity index (χ1) is 6.63. The molecule has 0 aromatic rings. The Labute approximate surface area is 88.4 Å². The van der Waals surface area contributed by atoms with Crippen LogP contribution in [0.5, 0.6) is 0 Å². The van der Waals surface area contributed by atoms with Gasteiger partial charge in [-0.3, -0.25) is 0 Å². The van der Waals surface area contributed by atoms with E-state index in [9.17, 15) is 0 Å². The summed E-state index contributed by atoms with van der Waals surface area (Å²) in [5.41, 5.74) is 0. The molecule has 1 aliphatic carbocycles. The molecule has 2 nitrogen and oxygen atoms in total.